The fourth-order valence-electron chi connectivity index (χ4n) is 6.25. The number of phenols is 2. The highest BCUT2D eigenvalue weighted by molar-refractivity contribution is 5.88. The molecule has 0 saturated carbocycles. The molecule has 14 atom stereocenters. The summed E-state index contributed by atoms with van der Waals surface area (Å²) in [5.74, 6) is -2.68. The number of hydrogen-bond acceptors (Lipinski definition) is 19. The van der Waals surface area contributed by atoms with Crippen molar-refractivity contribution in [2.24, 2.45) is 0 Å². The second-order valence-electron chi connectivity index (χ2n) is 13.0. The molecule has 19 nitrogen and oxygen atoms in total. The van der Waals surface area contributed by atoms with Crippen LogP contribution in [0.5, 0.6) is 23.0 Å². The van der Waals surface area contributed by atoms with Crippen LogP contribution in [0.4, 0.5) is 0 Å². The quantitative estimate of drug-likeness (QED) is 0.116. The van der Waals surface area contributed by atoms with Gasteiger partial charge < -0.3 is 83.5 Å². The Morgan fingerprint density at radius 1 is 0.755 bits per heavy atom. The van der Waals surface area contributed by atoms with Gasteiger partial charge >= 0.3 is 5.97 Å². The monoisotopic (exact) mass is 752 g/mol. The van der Waals surface area contributed by atoms with Crippen molar-refractivity contribution in [1.29, 1.82) is 0 Å². The van der Waals surface area contributed by atoms with E-state index in [9.17, 15) is 55.5 Å². The van der Waals surface area contributed by atoms with E-state index in [0.29, 0.717) is 0 Å². The van der Waals surface area contributed by atoms with Gasteiger partial charge in [0.1, 0.15) is 77.0 Å². The molecule has 2 aromatic carbocycles. The number of benzene rings is 2. The lowest BCUT2D eigenvalue weighted by atomic mass is 9.98. The summed E-state index contributed by atoms with van der Waals surface area (Å²) in [5.41, 5.74) is -1.08. The van der Waals surface area contributed by atoms with Gasteiger partial charge in [0.05, 0.1) is 18.8 Å². The lowest BCUT2D eigenvalue weighted by Gasteiger charge is -2.45. The number of phenolic OH excluding ortho intramolecular Hbond substituents is 2. The zero-order valence-corrected chi connectivity index (χ0v) is 28.4. The standard InChI is InChI=1S/C34H40O19/c1-11-21(39)24(42)26(44)33(47-11)50-16-8-17(37)20-19(9-16)51-29(14-4-6-15(36)7-5-14)30(23(20)41)53-34-27(45)31(28(12(2)48-34)49-13(3)35)52-32-25(43)22(40)18(38)10-46-32/h4-9,11-12,18,21-22,24-28,31-34,36-40,42-45H,10H2,1-3H3/t11-,12-,18-,21-,22-,24-,25-,26-,27-,28-,31+,32+,33+,34-/m0/s1. The van der Waals surface area contributed by atoms with Crippen LogP contribution in [0.3, 0.4) is 0 Å². The molecule has 4 heterocycles. The third kappa shape index (κ3) is 7.64. The summed E-state index contributed by atoms with van der Waals surface area (Å²) < 4.78 is 45.5. The number of ether oxygens (including phenoxy) is 7. The summed E-state index contributed by atoms with van der Waals surface area (Å²) in [6.45, 7) is 3.53. The number of fused-ring (bicyclic) bond motifs is 1. The summed E-state index contributed by atoms with van der Waals surface area (Å²) in [6.07, 6.45) is -21.4. The molecule has 290 valence electrons. The lowest BCUT2D eigenvalue weighted by Crippen LogP contribution is -2.63. The number of aromatic hydroxyl groups is 2. The van der Waals surface area contributed by atoms with E-state index in [2.05, 4.69) is 0 Å². The molecule has 19 heteroatoms. The van der Waals surface area contributed by atoms with Gasteiger partial charge in [-0.15, -0.1) is 0 Å². The number of carbonyl (C=O) groups is 1. The highest BCUT2D eigenvalue weighted by Crippen LogP contribution is 2.39. The molecule has 1 aromatic heterocycles. The number of hydrogen-bond donors (Lipinski definition) is 9. The third-order valence-electron chi connectivity index (χ3n) is 9.13. The van der Waals surface area contributed by atoms with Gasteiger partial charge in [-0.25, -0.2) is 0 Å². The van der Waals surface area contributed by atoms with Crippen LogP contribution in [0.15, 0.2) is 45.6 Å². The number of aliphatic hydroxyl groups is 7. The first-order valence-corrected chi connectivity index (χ1v) is 16.5. The van der Waals surface area contributed by atoms with Crippen molar-refractivity contribution in [3.05, 3.63) is 46.6 Å². The van der Waals surface area contributed by atoms with Crippen molar-refractivity contribution < 1.29 is 88.3 Å². The van der Waals surface area contributed by atoms with Crippen molar-refractivity contribution in [1.82, 2.24) is 0 Å². The SMILES string of the molecule is CC(=O)O[C@@H]1[C@H](O[C@H]2OC[C@H](O)[C@H](O)[C@@H]2O)[C@H](O)[C@H](Oc2c(-c3ccc(O)cc3)oc3cc(O[C@H]4O[C@@H](C)[C@H](O)[C@H](O)[C@@H]4O)cc(O)c3c2=O)O[C@H]1C. The van der Waals surface area contributed by atoms with Crippen LogP contribution < -0.4 is 14.9 Å². The molecule has 3 fully saturated rings. The fraction of sp³-hybridized carbons (Fsp3) is 0.529. The number of aliphatic hydroxyl groups excluding tert-OH is 7. The largest absolute Gasteiger partial charge is 0.508 e. The minimum atomic E-state index is -1.90. The second-order valence-corrected chi connectivity index (χ2v) is 13.0. The van der Waals surface area contributed by atoms with Gasteiger partial charge in [0.25, 0.3) is 0 Å². The normalized spacial score (nSPS) is 36.2. The van der Waals surface area contributed by atoms with E-state index in [1.807, 2.05) is 0 Å². The molecule has 0 bridgehead atoms. The number of esters is 1. The maximum absolute atomic E-state index is 14.2. The summed E-state index contributed by atoms with van der Waals surface area (Å²) in [7, 11) is 0. The Labute approximate surface area is 299 Å². The minimum Gasteiger partial charge on any atom is -0.508 e. The highest BCUT2D eigenvalue weighted by atomic mass is 16.7. The smallest absolute Gasteiger partial charge is 0.303 e. The van der Waals surface area contributed by atoms with Crippen molar-refractivity contribution in [3.8, 4) is 34.3 Å². The van der Waals surface area contributed by atoms with E-state index in [-0.39, 0.29) is 28.4 Å². The van der Waals surface area contributed by atoms with E-state index in [1.54, 1.807) is 0 Å². The number of carbonyl (C=O) groups excluding carboxylic acids is 1. The molecule has 0 radical (unpaired) electrons. The third-order valence-corrected chi connectivity index (χ3v) is 9.13. The Hall–Kier alpha value is -4.12. The van der Waals surface area contributed by atoms with Crippen LogP contribution in [0.25, 0.3) is 22.3 Å². The predicted molar refractivity (Wildman–Crippen MR) is 173 cm³/mol. The minimum absolute atomic E-state index is 0.138. The van der Waals surface area contributed by atoms with E-state index >= 15 is 0 Å². The van der Waals surface area contributed by atoms with Gasteiger partial charge in [-0.3, -0.25) is 9.59 Å². The summed E-state index contributed by atoms with van der Waals surface area (Å²) in [6, 6.07) is 7.50. The molecular weight excluding hydrogens is 712 g/mol. The van der Waals surface area contributed by atoms with Gasteiger partial charge in [-0.1, -0.05) is 0 Å². The molecule has 53 heavy (non-hydrogen) atoms. The zero-order chi connectivity index (χ0) is 38.5. The van der Waals surface area contributed by atoms with Crippen LogP contribution in [0.1, 0.15) is 20.8 Å². The van der Waals surface area contributed by atoms with E-state index < -0.39 is 121 Å². The Balaban J connectivity index is 1.38. The van der Waals surface area contributed by atoms with Crippen LogP contribution in [-0.4, -0.2) is 145 Å². The van der Waals surface area contributed by atoms with Gasteiger partial charge in [0.2, 0.25) is 23.8 Å². The van der Waals surface area contributed by atoms with Crippen molar-refractivity contribution in [2.45, 2.75) is 107 Å². The Bertz CT molecular complexity index is 1830. The summed E-state index contributed by atoms with van der Waals surface area (Å²) >= 11 is 0. The van der Waals surface area contributed by atoms with Crippen molar-refractivity contribution in [3.63, 3.8) is 0 Å². The molecular formula is C34H40O19. The molecule has 0 aliphatic carbocycles. The molecule has 3 saturated heterocycles. The van der Waals surface area contributed by atoms with Crippen LogP contribution in [0.2, 0.25) is 0 Å². The summed E-state index contributed by atoms with van der Waals surface area (Å²) in [5, 5.41) is 93.3. The van der Waals surface area contributed by atoms with Crippen LogP contribution in [0, 0.1) is 0 Å². The Morgan fingerprint density at radius 2 is 1.40 bits per heavy atom. The zero-order valence-electron chi connectivity index (χ0n) is 28.4. The van der Waals surface area contributed by atoms with Gasteiger partial charge in [0.15, 0.2) is 18.2 Å². The van der Waals surface area contributed by atoms with E-state index in [0.717, 1.165) is 13.0 Å². The molecule has 3 aromatic rings. The Kier molecular flexibility index (Phi) is 11.2. The van der Waals surface area contributed by atoms with Crippen molar-refractivity contribution >= 4 is 16.9 Å². The average molecular weight is 753 g/mol. The number of rotatable bonds is 8. The first-order chi connectivity index (χ1) is 25.0. The molecule has 0 spiro atoms. The first-order valence-electron chi connectivity index (χ1n) is 16.5. The molecule has 3 aliphatic rings. The van der Waals surface area contributed by atoms with Gasteiger partial charge in [-0.05, 0) is 38.1 Å². The van der Waals surface area contributed by atoms with Gasteiger partial charge in [0, 0.05) is 24.6 Å². The van der Waals surface area contributed by atoms with E-state index in [4.69, 9.17) is 37.6 Å². The molecule has 9 N–H and O–H groups in total. The summed E-state index contributed by atoms with van der Waals surface area (Å²) in [4.78, 5) is 26.2. The molecule has 6 rings (SSSR count). The molecule has 3 aliphatic heterocycles. The van der Waals surface area contributed by atoms with Crippen LogP contribution in [-0.2, 0) is 28.5 Å². The van der Waals surface area contributed by atoms with Crippen LogP contribution >= 0.6 is 0 Å². The highest BCUT2D eigenvalue weighted by Gasteiger charge is 2.51. The van der Waals surface area contributed by atoms with Crippen molar-refractivity contribution in [2.75, 3.05) is 6.61 Å². The van der Waals surface area contributed by atoms with Gasteiger partial charge in [-0.2, -0.15) is 0 Å². The molecule has 0 amide bonds. The maximum atomic E-state index is 14.2. The average Bonchev–Trinajstić information content (AvgIpc) is 3.10. The predicted octanol–water partition coefficient (Wildman–Crippen LogP) is -1.68. The lowest BCUT2D eigenvalue weighted by molar-refractivity contribution is -0.336. The Morgan fingerprint density at radius 3 is 2.08 bits per heavy atom. The topological polar surface area (TPSA) is 294 Å². The maximum Gasteiger partial charge on any atom is 0.303 e. The van der Waals surface area contributed by atoms with E-state index in [1.165, 1.54) is 44.2 Å². The molecule has 0 unspecified atom stereocenters. The first kappa shape index (κ1) is 38.6. The fourth-order valence-corrected chi connectivity index (χ4v) is 6.25. The second kappa shape index (κ2) is 15.3.